The van der Waals surface area contributed by atoms with E-state index < -0.39 is 0 Å². The van der Waals surface area contributed by atoms with Crippen molar-refractivity contribution in [2.45, 2.75) is 33.4 Å². The Morgan fingerprint density at radius 1 is 1.26 bits per heavy atom. The van der Waals surface area contributed by atoms with Crippen molar-refractivity contribution in [2.75, 3.05) is 0 Å². The lowest BCUT2D eigenvalue weighted by molar-refractivity contribution is 0.0911. The van der Waals surface area contributed by atoms with Gasteiger partial charge in [0, 0.05) is 6.20 Å². The zero-order chi connectivity index (χ0) is 16.4. The van der Waals surface area contributed by atoms with Crippen LogP contribution in [0.3, 0.4) is 0 Å². The molecule has 23 heavy (non-hydrogen) atoms. The molecule has 0 bridgehead atoms. The van der Waals surface area contributed by atoms with Gasteiger partial charge >= 0.3 is 0 Å². The van der Waals surface area contributed by atoms with Crippen LogP contribution < -0.4 is 5.32 Å². The number of hydrogen-bond donors (Lipinski definition) is 1. The first-order valence-electron chi connectivity index (χ1n) is 7.65. The molecule has 0 aliphatic rings. The van der Waals surface area contributed by atoms with Crippen molar-refractivity contribution >= 4 is 11.6 Å². The fraction of sp³-hybridized carbons (Fsp3) is 0.375. The Labute approximate surface area is 134 Å². The second-order valence-electron chi connectivity index (χ2n) is 5.88. The molecule has 0 saturated heterocycles. The molecule has 0 fully saturated rings. The maximum atomic E-state index is 12.8. The van der Waals surface area contributed by atoms with E-state index in [1.54, 1.807) is 17.2 Å². The maximum Gasteiger partial charge on any atom is 0.270 e. The Morgan fingerprint density at radius 2 is 2.00 bits per heavy atom. The number of fused-ring (bicyclic) bond motifs is 1. The molecular weight excluding hydrogens is 292 g/mol. The highest BCUT2D eigenvalue weighted by atomic mass is 16.2. The number of aryl methyl sites for hydroxylation is 1. The van der Waals surface area contributed by atoms with E-state index in [1.165, 1.54) is 0 Å². The summed E-state index contributed by atoms with van der Waals surface area (Å²) in [4.78, 5) is 18.8. The van der Waals surface area contributed by atoms with Crippen LogP contribution in [0.5, 0.6) is 0 Å². The van der Waals surface area contributed by atoms with E-state index in [1.807, 2.05) is 35.7 Å². The van der Waals surface area contributed by atoms with E-state index in [-0.39, 0.29) is 17.9 Å². The van der Waals surface area contributed by atoms with Crippen LogP contribution in [0, 0.1) is 12.8 Å². The fourth-order valence-corrected chi connectivity index (χ4v) is 2.56. The molecule has 0 aliphatic heterocycles. The Kier molecular flexibility index (Phi) is 4.10. The van der Waals surface area contributed by atoms with Gasteiger partial charge in [0.2, 0.25) is 0 Å². The second kappa shape index (κ2) is 6.20. The molecule has 3 heterocycles. The predicted molar refractivity (Wildman–Crippen MR) is 86.0 cm³/mol. The Balaban J connectivity index is 1.84. The zero-order valence-corrected chi connectivity index (χ0v) is 13.5. The predicted octanol–water partition coefficient (Wildman–Crippen LogP) is 1.69. The molecule has 1 unspecified atom stereocenters. The molecular formula is C16H20N6O. The van der Waals surface area contributed by atoms with Crippen LogP contribution in [0.2, 0.25) is 0 Å². The summed E-state index contributed by atoms with van der Waals surface area (Å²) in [7, 11) is 0. The molecule has 1 atom stereocenters. The molecule has 0 spiro atoms. The van der Waals surface area contributed by atoms with Crippen molar-refractivity contribution in [2.24, 2.45) is 5.92 Å². The smallest absolute Gasteiger partial charge is 0.270 e. The number of hydrogen-bond acceptors (Lipinski definition) is 4. The third-order valence-corrected chi connectivity index (χ3v) is 3.87. The van der Waals surface area contributed by atoms with Gasteiger partial charge in [0.15, 0.2) is 0 Å². The topological polar surface area (TPSA) is 77.1 Å². The van der Waals surface area contributed by atoms with E-state index in [0.717, 1.165) is 5.65 Å². The summed E-state index contributed by atoms with van der Waals surface area (Å²) in [6.07, 6.45) is 5.12. The highest BCUT2D eigenvalue weighted by molar-refractivity contribution is 5.94. The van der Waals surface area contributed by atoms with Crippen molar-refractivity contribution in [3.63, 3.8) is 0 Å². The largest absolute Gasteiger partial charge is 0.346 e. The number of carbonyl (C=O) groups excluding carboxylic acids is 1. The monoisotopic (exact) mass is 312 g/mol. The van der Waals surface area contributed by atoms with Crippen molar-refractivity contribution in [3.05, 3.63) is 48.2 Å². The SMILES string of the molecule is Cc1nc2ccccn2c1C(=O)NC(Cn1nccn1)C(C)C. The highest BCUT2D eigenvalue weighted by Gasteiger charge is 2.22. The van der Waals surface area contributed by atoms with Crippen LogP contribution in [0.15, 0.2) is 36.8 Å². The number of rotatable bonds is 5. The maximum absolute atomic E-state index is 12.8. The zero-order valence-electron chi connectivity index (χ0n) is 13.5. The Morgan fingerprint density at radius 3 is 2.70 bits per heavy atom. The lowest BCUT2D eigenvalue weighted by Gasteiger charge is -2.21. The minimum Gasteiger partial charge on any atom is -0.346 e. The van der Waals surface area contributed by atoms with Crippen LogP contribution in [-0.2, 0) is 6.54 Å². The van der Waals surface area contributed by atoms with E-state index >= 15 is 0 Å². The molecule has 1 N–H and O–H groups in total. The third kappa shape index (κ3) is 3.08. The van der Waals surface area contributed by atoms with Crippen molar-refractivity contribution in [1.82, 2.24) is 29.7 Å². The van der Waals surface area contributed by atoms with Gasteiger partial charge in [-0.15, -0.1) is 0 Å². The van der Waals surface area contributed by atoms with Crippen molar-refractivity contribution in [1.29, 1.82) is 0 Å². The van der Waals surface area contributed by atoms with Crippen LogP contribution in [-0.4, -0.2) is 36.3 Å². The molecule has 0 aromatic carbocycles. The molecule has 0 aliphatic carbocycles. The lowest BCUT2D eigenvalue weighted by atomic mass is 10.0. The molecule has 3 rings (SSSR count). The van der Waals surface area contributed by atoms with Gasteiger partial charge in [0.1, 0.15) is 11.3 Å². The van der Waals surface area contributed by atoms with E-state index in [4.69, 9.17) is 0 Å². The number of imidazole rings is 1. The highest BCUT2D eigenvalue weighted by Crippen LogP contribution is 2.13. The number of pyridine rings is 1. The first-order valence-corrected chi connectivity index (χ1v) is 7.65. The Bertz CT molecular complexity index is 805. The number of nitrogens with one attached hydrogen (secondary N) is 1. The average Bonchev–Trinajstić information content (AvgIpc) is 3.12. The van der Waals surface area contributed by atoms with Crippen molar-refractivity contribution < 1.29 is 4.79 Å². The summed E-state index contributed by atoms with van der Waals surface area (Å²) < 4.78 is 1.81. The third-order valence-electron chi connectivity index (χ3n) is 3.87. The van der Waals surface area contributed by atoms with Gasteiger partial charge in [-0.3, -0.25) is 9.20 Å². The fourth-order valence-electron chi connectivity index (χ4n) is 2.56. The van der Waals surface area contributed by atoms with Crippen LogP contribution in [0.4, 0.5) is 0 Å². The second-order valence-corrected chi connectivity index (χ2v) is 5.88. The van der Waals surface area contributed by atoms with E-state index in [2.05, 4.69) is 34.3 Å². The number of amides is 1. The number of nitrogens with zero attached hydrogens (tertiary/aromatic N) is 5. The van der Waals surface area contributed by atoms with E-state index in [0.29, 0.717) is 17.9 Å². The van der Waals surface area contributed by atoms with Gasteiger partial charge in [-0.25, -0.2) is 4.98 Å². The van der Waals surface area contributed by atoms with Gasteiger partial charge in [0.25, 0.3) is 5.91 Å². The van der Waals surface area contributed by atoms with Crippen LogP contribution in [0.25, 0.3) is 5.65 Å². The van der Waals surface area contributed by atoms with E-state index in [9.17, 15) is 4.79 Å². The minimum absolute atomic E-state index is 0.0661. The average molecular weight is 312 g/mol. The standard InChI is InChI=1S/C16H20N6O/c1-11(2)13(10-22-17-7-8-18-22)20-16(23)15-12(3)19-14-6-4-5-9-21(14)15/h4-9,11,13H,10H2,1-3H3,(H,20,23). The Hall–Kier alpha value is -2.70. The molecule has 7 heteroatoms. The molecule has 3 aromatic heterocycles. The summed E-state index contributed by atoms with van der Waals surface area (Å²) in [6.45, 7) is 6.51. The van der Waals surface area contributed by atoms with Crippen LogP contribution >= 0.6 is 0 Å². The first kappa shape index (κ1) is 15.2. The summed E-state index contributed by atoms with van der Waals surface area (Å²) >= 11 is 0. The molecule has 120 valence electrons. The molecule has 7 nitrogen and oxygen atoms in total. The normalized spacial score (nSPS) is 12.7. The van der Waals surface area contributed by atoms with Gasteiger partial charge < -0.3 is 5.32 Å². The molecule has 1 amide bonds. The first-order chi connectivity index (χ1) is 11.1. The van der Waals surface area contributed by atoms with Crippen molar-refractivity contribution in [3.8, 4) is 0 Å². The van der Waals surface area contributed by atoms with Gasteiger partial charge in [0.05, 0.1) is 30.7 Å². The van der Waals surface area contributed by atoms with Crippen LogP contribution in [0.1, 0.15) is 30.0 Å². The van der Waals surface area contributed by atoms with Gasteiger partial charge in [-0.2, -0.15) is 15.0 Å². The van der Waals surface area contributed by atoms with Gasteiger partial charge in [-0.1, -0.05) is 19.9 Å². The van der Waals surface area contributed by atoms with Gasteiger partial charge in [-0.05, 0) is 25.0 Å². The summed E-state index contributed by atoms with van der Waals surface area (Å²) in [6, 6.07) is 5.61. The minimum atomic E-state index is -0.132. The summed E-state index contributed by atoms with van der Waals surface area (Å²) in [5.74, 6) is 0.122. The quantitative estimate of drug-likeness (QED) is 0.778. The summed E-state index contributed by atoms with van der Waals surface area (Å²) in [5.41, 5.74) is 2.05. The molecule has 3 aromatic rings. The molecule has 0 saturated carbocycles. The number of aromatic nitrogens is 5. The number of carbonyl (C=O) groups is 1. The summed E-state index contributed by atoms with van der Waals surface area (Å²) in [5, 5.41) is 11.3. The lowest BCUT2D eigenvalue weighted by Crippen LogP contribution is -2.42. The molecule has 0 radical (unpaired) electrons.